The number of rotatable bonds is 5. The SMILES string of the molecule is CC(CC(=O)O)NC(=O)N(C)CC(N)=O. The number of carbonyl (C=O) groups is 3. The molecule has 4 N–H and O–H groups in total. The van der Waals surface area contributed by atoms with Gasteiger partial charge in [0.1, 0.15) is 6.54 Å². The molecule has 0 bridgehead atoms. The van der Waals surface area contributed by atoms with Crippen LogP contribution in [0, 0.1) is 0 Å². The Morgan fingerprint density at radius 3 is 2.40 bits per heavy atom. The van der Waals surface area contributed by atoms with Crippen LogP contribution in [0.15, 0.2) is 0 Å². The maximum Gasteiger partial charge on any atom is 0.317 e. The van der Waals surface area contributed by atoms with Gasteiger partial charge in [-0.05, 0) is 6.92 Å². The molecule has 0 saturated heterocycles. The number of nitrogens with zero attached hydrogens (tertiary/aromatic N) is 1. The quantitative estimate of drug-likeness (QED) is 0.546. The number of hydrogen-bond donors (Lipinski definition) is 3. The van der Waals surface area contributed by atoms with Gasteiger partial charge in [-0.3, -0.25) is 9.59 Å². The fourth-order valence-electron chi connectivity index (χ4n) is 0.939. The number of carbonyl (C=O) groups excluding carboxylic acids is 2. The highest BCUT2D eigenvalue weighted by atomic mass is 16.4. The summed E-state index contributed by atoms with van der Waals surface area (Å²) in [6.07, 6.45) is -0.170. The summed E-state index contributed by atoms with van der Waals surface area (Å²) in [6, 6.07) is -1.02. The molecule has 0 fully saturated rings. The van der Waals surface area contributed by atoms with E-state index in [1.807, 2.05) is 0 Å². The first-order valence-electron chi connectivity index (χ1n) is 4.34. The van der Waals surface area contributed by atoms with E-state index in [4.69, 9.17) is 10.8 Å². The predicted molar refractivity (Wildman–Crippen MR) is 52.1 cm³/mol. The van der Waals surface area contributed by atoms with Gasteiger partial charge in [0.25, 0.3) is 0 Å². The minimum atomic E-state index is -1.000. The number of aliphatic carboxylic acids is 1. The van der Waals surface area contributed by atoms with Crippen molar-refractivity contribution >= 4 is 17.9 Å². The molecule has 0 aliphatic rings. The molecule has 1 atom stereocenters. The molecular formula is C8H15N3O4. The van der Waals surface area contributed by atoms with Crippen molar-refractivity contribution in [2.24, 2.45) is 5.73 Å². The molecular weight excluding hydrogens is 202 g/mol. The van der Waals surface area contributed by atoms with E-state index in [0.717, 1.165) is 4.90 Å². The van der Waals surface area contributed by atoms with Crippen LogP contribution in [0.1, 0.15) is 13.3 Å². The zero-order valence-corrected chi connectivity index (χ0v) is 8.69. The van der Waals surface area contributed by atoms with Gasteiger partial charge in [-0.25, -0.2) is 4.79 Å². The van der Waals surface area contributed by atoms with Gasteiger partial charge < -0.3 is 21.1 Å². The van der Waals surface area contributed by atoms with Crippen LogP contribution >= 0.6 is 0 Å². The summed E-state index contributed by atoms with van der Waals surface area (Å²) in [5, 5.41) is 10.9. The van der Waals surface area contributed by atoms with E-state index in [2.05, 4.69) is 5.32 Å². The molecule has 0 spiro atoms. The Labute approximate surface area is 87.2 Å². The third-order valence-electron chi connectivity index (χ3n) is 1.59. The van der Waals surface area contributed by atoms with Gasteiger partial charge in [0, 0.05) is 13.1 Å². The van der Waals surface area contributed by atoms with E-state index >= 15 is 0 Å². The maximum atomic E-state index is 11.3. The van der Waals surface area contributed by atoms with E-state index in [9.17, 15) is 14.4 Å². The van der Waals surface area contributed by atoms with Gasteiger partial charge in [0.2, 0.25) is 5.91 Å². The Hall–Kier alpha value is -1.79. The summed E-state index contributed by atoms with van der Waals surface area (Å²) in [5.74, 6) is -1.63. The normalized spacial score (nSPS) is 11.6. The van der Waals surface area contributed by atoms with Crippen LogP contribution < -0.4 is 11.1 Å². The average Bonchev–Trinajstić information content (AvgIpc) is 2.00. The van der Waals surface area contributed by atoms with Crippen molar-refractivity contribution in [1.29, 1.82) is 0 Å². The van der Waals surface area contributed by atoms with Crippen LogP contribution in [-0.4, -0.2) is 47.5 Å². The number of primary amides is 1. The number of amides is 3. The van der Waals surface area contributed by atoms with E-state index < -0.39 is 23.9 Å². The van der Waals surface area contributed by atoms with Crippen LogP contribution in [0.3, 0.4) is 0 Å². The van der Waals surface area contributed by atoms with Crippen molar-refractivity contribution in [3.63, 3.8) is 0 Å². The van der Waals surface area contributed by atoms with Gasteiger partial charge in [0.05, 0.1) is 6.42 Å². The van der Waals surface area contributed by atoms with E-state index in [1.165, 1.54) is 7.05 Å². The molecule has 0 aromatic carbocycles. The van der Waals surface area contributed by atoms with Crippen molar-refractivity contribution in [1.82, 2.24) is 10.2 Å². The topological polar surface area (TPSA) is 113 Å². The Kier molecular flexibility index (Phi) is 5.14. The third kappa shape index (κ3) is 6.30. The molecule has 0 heterocycles. The largest absolute Gasteiger partial charge is 0.481 e. The fourth-order valence-corrected chi connectivity index (χ4v) is 0.939. The molecule has 86 valence electrons. The lowest BCUT2D eigenvalue weighted by atomic mass is 10.2. The third-order valence-corrected chi connectivity index (χ3v) is 1.59. The van der Waals surface area contributed by atoms with Crippen molar-refractivity contribution in [3.8, 4) is 0 Å². The molecule has 7 heteroatoms. The molecule has 1 unspecified atom stereocenters. The van der Waals surface area contributed by atoms with Crippen molar-refractivity contribution in [2.45, 2.75) is 19.4 Å². The molecule has 3 amide bonds. The van der Waals surface area contributed by atoms with E-state index in [1.54, 1.807) is 6.92 Å². The first-order chi connectivity index (χ1) is 6.82. The van der Waals surface area contributed by atoms with Gasteiger partial charge in [-0.1, -0.05) is 0 Å². The number of urea groups is 1. The predicted octanol–water partition coefficient (Wildman–Crippen LogP) is -1.02. The number of carboxylic acids is 1. The number of nitrogens with two attached hydrogens (primary N) is 1. The lowest BCUT2D eigenvalue weighted by Crippen LogP contribution is -2.45. The Morgan fingerprint density at radius 2 is 2.00 bits per heavy atom. The van der Waals surface area contributed by atoms with Crippen LogP contribution in [-0.2, 0) is 9.59 Å². The Morgan fingerprint density at radius 1 is 1.47 bits per heavy atom. The van der Waals surface area contributed by atoms with Crippen molar-refractivity contribution in [2.75, 3.05) is 13.6 Å². The monoisotopic (exact) mass is 217 g/mol. The highest BCUT2D eigenvalue weighted by Gasteiger charge is 2.15. The standard InChI is InChI=1S/C8H15N3O4/c1-5(3-7(13)14)10-8(15)11(2)4-6(9)12/h5H,3-4H2,1-2H3,(H2,9,12)(H,10,15)(H,13,14). The molecule has 0 radical (unpaired) electrons. The van der Waals surface area contributed by atoms with Crippen LogP contribution in [0.25, 0.3) is 0 Å². The zero-order chi connectivity index (χ0) is 12.0. The molecule has 0 aromatic rings. The molecule has 0 aliphatic heterocycles. The van der Waals surface area contributed by atoms with Gasteiger partial charge in [-0.2, -0.15) is 0 Å². The van der Waals surface area contributed by atoms with Crippen molar-refractivity contribution < 1.29 is 19.5 Å². The van der Waals surface area contributed by atoms with E-state index in [0.29, 0.717) is 0 Å². The minimum Gasteiger partial charge on any atom is -0.481 e. The zero-order valence-electron chi connectivity index (χ0n) is 8.69. The van der Waals surface area contributed by atoms with Gasteiger partial charge in [-0.15, -0.1) is 0 Å². The maximum absolute atomic E-state index is 11.3. The second-order valence-corrected chi connectivity index (χ2v) is 3.27. The molecule has 0 rings (SSSR count). The summed E-state index contributed by atoms with van der Waals surface area (Å²) in [7, 11) is 1.40. The summed E-state index contributed by atoms with van der Waals surface area (Å²) in [5.41, 5.74) is 4.89. The van der Waals surface area contributed by atoms with Crippen LogP contribution in [0.5, 0.6) is 0 Å². The lowest BCUT2D eigenvalue weighted by Gasteiger charge is -2.19. The molecule has 0 aliphatic carbocycles. The summed E-state index contributed by atoms with van der Waals surface area (Å²) in [6.45, 7) is 1.36. The highest BCUT2D eigenvalue weighted by molar-refractivity contribution is 5.83. The second-order valence-electron chi connectivity index (χ2n) is 3.27. The molecule has 15 heavy (non-hydrogen) atoms. The summed E-state index contributed by atoms with van der Waals surface area (Å²) < 4.78 is 0. The second kappa shape index (κ2) is 5.84. The number of nitrogens with one attached hydrogen (secondary N) is 1. The minimum absolute atomic E-state index is 0.170. The number of hydrogen-bond acceptors (Lipinski definition) is 3. The van der Waals surface area contributed by atoms with Crippen molar-refractivity contribution in [3.05, 3.63) is 0 Å². The molecule has 0 aromatic heterocycles. The Bertz CT molecular complexity index is 267. The summed E-state index contributed by atoms with van der Waals surface area (Å²) in [4.78, 5) is 33.2. The van der Waals surface area contributed by atoms with E-state index in [-0.39, 0.29) is 13.0 Å². The summed E-state index contributed by atoms with van der Waals surface area (Å²) >= 11 is 0. The first-order valence-corrected chi connectivity index (χ1v) is 4.34. The average molecular weight is 217 g/mol. The molecule has 7 nitrogen and oxygen atoms in total. The smallest absolute Gasteiger partial charge is 0.317 e. The molecule has 0 saturated carbocycles. The fraction of sp³-hybridized carbons (Fsp3) is 0.625. The van der Waals surface area contributed by atoms with Gasteiger partial charge >= 0.3 is 12.0 Å². The van der Waals surface area contributed by atoms with Crippen LogP contribution in [0.2, 0.25) is 0 Å². The van der Waals surface area contributed by atoms with Crippen LogP contribution in [0.4, 0.5) is 4.79 Å². The number of likely N-dealkylation sites (N-methyl/N-ethyl adjacent to an activating group) is 1. The number of carboxylic acid groups (broad SMARTS) is 1. The Balaban J connectivity index is 4.01. The lowest BCUT2D eigenvalue weighted by molar-refractivity contribution is -0.137. The first kappa shape index (κ1) is 13.2. The highest BCUT2D eigenvalue weighted by Crippen LogP contribution is 1.92. The van der Waals surface area contributed by atoms with Gasteiger partial charge in [0.15, 0.2) is 0 Å².